The summed E-state index contributed by atoms with van der Waals surface area (Å²) in [5.74, 6) is -0.921. The van der Waals surface area contributed by atoms with E-state index in [4.69, 9.17) is 10.8 Å². The zero-order valence-corrected chi connectivity index (χ0v) is 7.45. The second-order valence-electron chi connectivity index (χ2n) is 3.11. The van der Waals surface area contributed by atoms with Crippen molar-refractivity contribution in [1.82, 2.24) is 4.98 Å². The maximum absolute atomic E-state index is 10.7. The van der Waals surface area contributed by atoms with Crippen molar-refractivity contribution in [3.8, 4) is 0 Å². The Labute approximate surface area is 80.3 Å². The van der Waals surface area contributed by atoms with Crippen LogP contribution in [0.1, 0.15) is 16.1 Å². The van der Waals surface area contributed by atoms with E-state index in [0.717, 1.165) is 16.6 Å². The first kappa shape index (κ1) is 8.77. The molecule has 0 bridgehead atoms. The predicted molar refractivity (Wildman–Crippen MR) is 53.1 cm³/mol. The molecule has 14 heavy (non-hydrogen) atoms. The molecule has 0 saturated heterocycles. The number of nitrogens with one attached hydrogen (secondary N) is 1. The van der Waals surface area contributed by atoms with Crippen molar-refractivity contribution < 1.29 is 9.90 Å². The summed E-state index contributed by atoms with van der Waals surface area (Å²) >= 11 is 0. The maximum atomic E-state index is 10.7. The number of carboxylic acids is 1. The van der Waals surface area contributed by atoms with Crippen LogP contribution in [0.3, 0.4) is 0 Å². The highest BCUT2D eigenvalue weighted by atomic mass is 16.4. The van der Waals surface area contributed by atoms with Crippen LogP contribution in [0.25, 0.3) is 10.9 Å². The number of aromatic carboxylic acids is 1. The van der Waals surface area contributed by atoms with E-state index < -0.39 is 5.97 Å². The lowest BCUT2D eigenvalue weighted by Crippen LogP contribution is -1.96. The van der Waals surface area contributed by atoms with Gasteiger partial charge in [-0.2, -0.15) is 0 Å². The number of nitrogens with two attached hydrogens (primary N) is 1. The van der Waals surface area contributed by atoms with Gasteiger partial charge in [0.1, 0.15) is 0 Å². The number of benzene rings is 1. The van der Waals surface area contributed by atoms with Gasteiger partial charge in [0.25, 0.3) is 0 Å². The molecule has 0 spiro atoms. The van der Waals surface area contributed by atoms with E-state index in [1.807, 2.05) is 6.07 Å². The minimum atomic E-state index is -0.921. The number of fused-ring (bicyclic) bond motifs is 1. The SMILES string of the molecule is NCc1cc2ccc(C(=O)O)cc2[nH]1. The molecule has 72 valence electrons. The minimum absolute atomic E-state index is 0.280. The fourth-order valence-corrected chi connectivity index (χ4v) is 1.43. The molecule has 0 aliphatic carbocycles. The molecule has 0 amide bonds. The van der Waals surface area contributed by atoms with Crippen LogP contribution in [0.5, 0.6) is 0 Å². The maximum Gasteiger partial charge on any atom is 0.335 e. The third-order valence-electron chi connectivity index (χ3n) is 2.15. The zero-order chi connectivity index (χ0) is 10.1. The molecular weight excluding hydrogens is 180 g/mol. The van der Waals surface area contributed by atoms with Crippen molar-refractivity contribution in [2.75, 3.05) is 0 Å². The number of aromatic nitrogens is 1. The summed E-state index contributed by atoms with van der Waals surface area (Å²) < 4.78 is 0. The molecule has 4 heteroatoms. The smallest absolute Gasteiger partial charge is 0.335 e. The van der Waals surface area contributed by atoms with Gasteiger partial charge in [0, 0.05) is 17.8 Å². The predicted octanol–water partition coefficient (Wildman–Crippen LogP) is 1.32. The standard InChI is InChI=1S/C10H10N2O2/c11-5-8-3-6-1-2-7(10(13)14)4-9(6)12-8/h1-4,12H,5,11H2,(H,13,14). The van der Waals surface area contributed by atoms with E-state index in [-0.39, 0.29) is 5.56 Å². The summed E-state index contributed by atoms with van der Waals surface area (Å²) in [6, 6.07) is 6.88. The molecule has 0 aliphatic heterocycles. The van der Waals surface area contributed by atoms with Gasteiger partial charge in [-0.05, 0) is 23.6 Å². The molecule has 1 aromatic carbocycles. The highest BCUT2D eigenvalue weighted by Crippen LogP contribution is 2.16. The summed E-state index contributed by atoms with van der Waals surface area (Å²) in [7, 11) is 0. The number of aromatic amines is 1. The molecule has 1 heterocycles. The van der Waals surface area contributed by atoms with Crippen molar-refractivity contribution in [2.24, 2.45) is 5.73 Å². The van der Waals surface area contributed by atoms with Gasteiger partial charge in [0.2, 0.25) is 0 Å². The third-order valence-corrected chi connectivity index (χ3v) is 2.15. The topological polar surface area (TPSA) is 79.1 Å². The van der Waals surface area contributed by atoms with Gasteiger partial charge < -0.3 is 15.8 Å². The number of hydrogen-bond acceptors (Lipinski definition) is 2. The number of hydrogen-bond donors (Lipinski definition) is 3. The Bertz CT molecular complexity index is 488. The summed E-state index contributed by atoms with van der Waals surface area (Å²) in [6.07, 6.45) is 0. The molecule has 0 unspecified atom stereocenters. The first-order valence-electron chi connectivity index (χ1n) is 4.25. The van der Waals surface area contributed by atoms with E-state index in [2.05, 4.69) is 4.98 Å². The summed E-state index contributed by atoms with van der Waals surface area (Å²) in [5, 5.41) is 9.75. The first-order valence-corrected chi connectivity index (χ1v) is 4.25. The van der Waals surface area contributed by atoms with E-state index in [1.165, 1.54) is 0 Å². The summed E-state index contributed by atoms with van der Waals surface area (Å²) in [4.78, 5) is 13.7. The van der Waals surface area contributed by atoms with Crippen LogP contribution < -0.4 is 5.73 Å². The summed E-state index contributed by atoms with van der Waals surface area (Å²) in [5.41, 5.74) is 7.46. The first-order chi connectivity index (χ1) is 6.70. The largest absolute Gasteiger partial charge is 0.478 e. The second kappa shape index (κ2) is 3.16. The molecule has 2 rings (SSSR count). The fourth-order valence-electron chi connectivity index (χ4n) is 1.43. The fraction of sp³-hybridized carbons (Fsp3) is 0.100. The van der Waals surface area contributed by atoms with Crippen molar-refractivity contribution in [2.45, 2.75) is 6.54 Å². The number of H-pyrrole nitrogens is 1. The Morgan fingerprint density at radius 1 is 1.43 bits per heavy atom. The van der Waals surface area contributed by atoms with E-state index in [1.54, 1.807) is 18.2 Å². The third kappa shape index (κ3) is 1.36. The Hall–Kier alpha value is -1.81. The zero-order valence-electron chi connectivity index (χ0n) is 7.45. The van der Waals surface area contributed by atoms with E-state index in [9.17, 15) is 4.79 Å². The van der Waals surface area contributed by atoms with Crippen LogP contribution in [0.2, 0.25) is 0 Å². The highest BCUT2D eigenvalue weighted by molar-refractivity contribution is 5.93. The molecule has 0 saturated carbocycles. The van der Waals surface area contributed by atoms with E-state index >= 15 is 0 Å². The molecule has 2 aromatic rings. The minimum Gasteiger partial charge on any atom is -0.478 e. The molecule has 0 aliphatic rings. The molecule has 4 N–H and O–H groups in total. The number of rotatable bonds is 2. The Morgan fingerprint density at radius 3 is 2.86 bits per heavy atom. The van der Waals surface area contributed by atoms with Crippen molar-refractivity contribution in [3.05, 3.63) is 35.5 Å². The highest BCUT2D eigenvalue weighted by Gasteiger charge is 2.05. The second-order valence-corrected chi connectivity index (χ2v) is 3.11. The van der Waals surface area contributed by atoms with Crippen molar-refractivity contribution in [3.63, 3.8) is 0 Å². The Balaban J connectivity index is 2.59. The van der Waals surface area contributed by atoms with Gasteiger partial charge in [0.05, 0.1) is 5.56 Å². The van der Waals surface area contributed by atoms with E-state index in [0.29, 0.717) is 6.54 Å². The van der Waals surface area contributed by atoms with Crippen LogP contribution in [-0.2, 0) is 6.54 Å². The summed E-state index contributed by atoms with van der Waals surface area (Å²) in [6.45, 7) is 0.428. The average molecular weight is 190 g/mol. The van der Waals surface area contributed by atoms with Gasteiger partial charge in [-0.25, -0.2) is 4.79 Å². The lowest BCUT2D eigenvalue weighted by molar-refractivity contribution is 0.0697. The Kier molecular flexibility index (Phi) is 1.98. The van der Waals surface area contributed by atoms with Crippen molar-refractivity contribution in [1.29, 1.82) is 0 Å². The molecular formula is C10H10N2O2. The lowest BCUT2D eigenvalue weighted by atomic mass is 10.2. The van der Waals surface area contributed by atoms with Gasteiger partial charge in [-0.15, -0.1) is 0 Å². The van der Waals surface area contributed by atoms with Crippen LogP contribution >= 0.6 is 0 Å². The molecule has 0 fully saturated rings. The monoisotopic (exact) mass is 190 g/mol. The average Bonchev–Trinajstić information content (AvgIpc) is 2.58. The van der Waals surface area contributed by atoms with Crippen molar-refractivity contribution >= 4 is 16.9 Å². The van der Waals surface area contributed by atoms with Gasteiger partial charge in [-0.3, -0.25) is 0 Å². The normalized spacial score (nSPS) is 10.6. The lowest BCUT2D eigenvalue weighted by Gasteiger charge is -1.93. The van der Waals surface area contributed by atoms with Gasteiger partial charge >= 0.3 is 5.97 Å². The van der Waals surface area contributed by atoms with Crippen LogP contribution in [-0.4, -0.2) is 16.1 Å². The molecule has 4 nitrogen and oxygen atoms in total. The quantitative estimate of drug-likeness (QED) is 0.668. The number of carboxylic acid groups (broad SMARTS) is 1. The molecule has 0 radical (unpaired) electrons. The van der Waals surface area contributed by atoms with Gasteiger partial charge in [-0.1, -0.05) is 6.07 Å². The number of carbonyl (C=O) groups is 1. The molecule has 1 aromatic heterocycles. The van der Waals surface area contributed by atoms with Crippen LogP contribution in [0.4, 0.5) is 0 Å². The van der Waals surface area contributed by atoms with Gasteiger partial charge in [0.15, 0.2) is 0 Å². The Morgan fingerprint density at radius 2 is 2.21 bits per heavy atom. The van der Waals surface area contributed by atoms with Crippen LogP contribution in [0.15, 0.2) is 24.3 Å². The molecule has 0 atom stereocenters. The van der Waals surface area contributed by atoms with Crippen LogP contribution in [0, 0.1) is 0 Å².